The van der Waals surface area contributed by atoms with Crippen LogP contribution in [0.5, 0.6) is 0 Å². The van der Waals surface area contributed by atoms with Crippen LogP contribution in [0.2, 0.25) is 0 Å². The summed E-state index contributed by atoms with van der Waals surface area (Å²) in [6, 6.07) is 8.21. The van der Waals surface area contributed by atoms with Gasteiger partial charge in [-0.25, -0.2) is 4.99 Å². The molecular weight excluding hydrogens is 252 g/mol. The van der Waals surface area contributed by atoms with Crippen LogP contribution in [-0.4, -0.2) is 50.8 Å². The SMILES string of the molecule is COC/N=C(/N)c1ccccc1CN1CCCNCC1. The Morgan fingerprint density at radius 3 is 3.05 bits per heavy atom. The zero-order valence-electron chi connectivity index (χ0n) is 12.1. The monoisotopic (exact) mass is 276 g/mol. The summed E-state index contributed by atoms with van der Waals surface area (Å²) < 4.78 is 4.95. The van der Waals surface area contributed by atoms with Crippen molar-refractivity contribution in [1.82, 2.24) is 10.2 Å². The Bertz CT molecular complexity index is 439. The van der Waals surface area contributed by atoms with Gasteiger partial charge in [0.15, 0.2) is 0 Å². The summed E-state index contributed by atoms with van der Waals surface area (Å²) in [5.41, 5.74) is 8.30. The Morgan fingerprint density at radius 2 is 2.20 bits per heavy atom. The molecule has 0 saturated carbocycles. The van der Waals surface area contributed by atoms with Gasteiger partial charge >= 0.3 is 0 Å². The maximum atomic E-state index is 6.06. The molecule has 0 radical (unpaired) electrons. The van der Waals surface area contributed by atoms with Crippen LogP contribution in [0.25, 0.3) is 0 Å². The average Bonchev–Trinajstić information content (AvgIpc) is 2.74. The first-order valence-electron chi connectivity index (χ1n) is 7.11. The van der Waals surface area contributed by atoms with E-state index in [4.69, 9.17) is 10.5 Å². The van der Waals surface area contributed by atoms with E-state index < -0.39 is 0 Å². The lowest BCUT2D eigenvalue weighted by atomic mass is 10.1. The van der Waals surface area contributed by atoms with Crippen LogP contribution < -0.4 is 11.1 Å². The van der Waals surface area contributed by atoms with E-state index in [1.807, 2.05) is 12.1 Å². The topological polar surface area (TPSA) is 62.9 Å². The Balaban J connectivity index is 2.10. The molecule has 1 aromatic carbocycles. The third kappa shape index (κ3) is 4.30. The summed E-state index contributed by atoms with van der Waals surface area (Å²) in [5.74, 6) is 0.551. The number of ether oxygens (including phenoxy) is 1. The minimum Gasteiger partial charge on any atom is -0.383 e. The number of methoxy groups -OCH3 is 1. The van der Waals surface area contributed by atoms with E-state index in [2.05, 4.69) is 27.3 Å². The second kappa shape index (κ2) is 7.99. The van der Waals surface area contributed by atoms with Crippen molar-refractivity contribution in [1.29, 1.82) is 0 Å². The third-order valence-corrected chi connectivity index (χ3v) is 3.48. The van der Waals surface area contributed by atoms with Crippen LogP contribution in [0, 0.1) is 0 Å². The van der Waals surface area contributed by atoms with Gasteiger partial charge in [-0.1, -0.05) is 24.3 Å². The maximum Gasteiger partial charge on any atom is 0.139 e. The smallest absolute Gasteiger partial charge is 0.139 e. The standard InChI is InChI=1S/C15H24N4O/c1-20-12-18-15(16)14-6-3-2-5-13(14)11-19-9-4-7-17-8-10-19/h2-3,5-6,17H,4,7-12H2,1H3,(H2,16,18). The van der Waals surface area contributed by atoms with Gasteiger partial charge in [0.25, 0.3) is 0 Å². The lowest BCUT2D eigenvalue weighted by Gasteiger charge is -2.21. The molecule has 0 aliphatic carbocycles. The Morgan fingerprint density at radius 1 is 1.35 bits per heavy atom. The van der Waals surface area contributed by atoms with Gasteiger partial charge in [0, 0.05) is 32.3 Å². The molecule has 2 rings (SSSR count). The molecule has 1 aliphatic heterocycles. The molecule has 3 N–H and O–H groups in total. The number of hydrogen-bond donors (Lipinski definition) is 2. The molecule has 0 spiro atoms. The second-order valence-corrected chi connectivity index (χ2v) is 5.00. The van der Waals surface area contributed by atoms with E-state index in [1.54, 1.807) is 7.11 Å². The average molecular weight is 276 g/mol. The lowest BCUT2D eigenvalue weighted by Crippen LogP contribution is -2.29. The molecule has 0 unspecified atom stereocenters. The first-order chi connectivity index (χ1) is 9.81. The van der Waals surface area contributed by atoms with E-state index in [0.717, 1.165) is 38.3 Å². The molecule has 0 aromatic heterocycles. The lowest BCUT2D eigenvalue weighted by molar-refractivity contribution is 0.209. The highest BCUT2D eigenvalue weighted by Gasteiger charge is 2.12. The molecule has 1 saturated heterocycles. The fourth-order valence-electron chi connectivity index (χ4n) is 2.43. The number of nitrogens with two attached hydrogens (primary N) is 1. The van der Waals surface area contributed by atoms with Gasteiger partial charge in [0.1, 0.15) is 12.6 Å². The number of aliphatic imine (C=N–C) groups is 1. The number of hydrogen-bond acceptors (Lipinski definition) is 4. The molecule has 5 heteroatoms. The number of nitrogens with one attached hydrogen (secondary N) is 1. The number of nitrogens with zero attached hydrogens (tertiary/aromatic N) is 2. The molecule has 5 nitrogen and oxygen atoms in total. The number of amidine groups is 1. The summed E-state index contributed by atoms with van der Waals surface area (Å²) >= 11 is 0. The molecule has 110 valence electrons. The fourth-order valence-corrected chi connectivity index (χ4v) is 2.43. The van der Waals surface area contributed by atoms with E-state index in [-0.39, 0.29) is 0 Å². The van der Waals surface area contributed by atoms with Crippen LogP contribution in [0.15, 0.2) is 29.3 Å². The molecule has 1 aromatic rings. The van der Waals surface area contributed by atoms with Crippen molar-refractivity contribution in [2.24, 2.45) is 10.7 Å². The Labute approximate surface area is 120 Å². The Kier molecular flexibility index (Phi) is 5.98. The summed E-state index contributed by atoms with van der Waals surface area (Å²) in [4.78, 5) is 6.69. The first kappa shape index (κ1) is 15.0. The van der Waals surface area contributed by atoms with Crippen LogP contribution in [-0.2, 0) is 11.3 Å². The largest absolute Gasteiger partial charge is 0.383 e. The van der Waals surface area contributed by atoms with Crippen molar-refractivity contribution < 1.29 is 4.74 Å². The van der Waals surface area contributed by atoms with Gasteiger partial charge in [0.05, 0.1) is 0 Å². The molecular formula is C15H24N4O. The molecule has 1 fully saturated rings. The van der Waals surface area contributed by atoms with Gasteiger partial charge in [-0.05, 0) is 25.1 Å². The van der Waals surface area contributed by atoms with Crippen molar-refractivity contribution in [2.45, 2.75) is 13.0 Å². The molecule has 0 amide bonds. The summed E-state index contributed by atoms with van der Waals surface area (Å²) in [7, 11) is 1.62. The van der Waals surface area contributed by atoms with Crippen LogP contribution in [0.4, 0.5) is 0 Å². The van der Waals surface area contributed by atoms with Gasteiger partial charge in [-0.2, -0.15) is 0 Å². The first-order valence-corrected chi connectivity index (χ1v) is 7.11. The van der Waals surface area contributed by atoms with Gasteiger partial charge in [0.2, 0.25) is 0 Å². The van der Waals surface area contributed by atoms with E-state index in [1.165, 1.54) is 12.0 Å². The van der Waals surface area contributed by atoms with Gasteiger partial charge < -0.3 is 15.8 Å². The molecule has 1 heterocycles. The molecule has 0 atom stereocenters. The van der Waals surface area contributed by atoms with Crippen LogP contribution >= 0.6 is 0 Å². The zero-order chi connectivity index (χ0) is 14.2. The predicted molar refractivity (Wildman–Crippen MR) is 81.8 cm³/mol. The Hall–Kier alpha value is -1.43. The summed E-state index contributed by atoms with van der Waals surface area (Å²) in [6.45, 7) is 5.57. The van der Waals surface area contributed by atoms with Crippen molar-refractivity contribution in [3.05, 3.63) is 35.4 Å². The maximum absolute atomic E-state index is 6.06. The van der Waals surface area contributed by atoms with E-state index >= 15 is 0 Å². The van der Waals surface area contributed by atoms with E-state index in [9.17, 15) is 0 Å². The minimum absolute atomic E-state index is 0.299. The van der Waals surface area contributed by atoms with E-state index in [0.29, 0.717) is 12.6 Å². The summed E-state index contributed by atoms with van der Waals surface area (Å²) in [5, 5.41) is 3.42. The van der Waals surface area contributed by atoms with Crippen LogP contribution in [0.1, 0.15) is 17.5 Å². The van der Waals surface area contributed by atoms with Crippen molar-refractivity contribution in [3.63, 3.8) is 0 Å². The zero-order valence-corrected chi connectivity index (χ0v) is 12.1. The molecule has 1 aliphatic rings. The number of rotatable bonds is 5. The second-order valence-electron chi connectivity index (χ2n) is 5.00. The fraction of sp³-hybridized carbons (Fsp3) is 0.533. The summed E-state index contributed by atoms with van der Waals surface area (Å²) in [6.07, 6.45) is 1.19. The molecule has 20 heavy (non-hydrogen) atoms. The van der Waals surface area contributed by atoms with Crippen molar-refractivity contribution >= 4 is 5.84 Å². The normalized spacial score (nSPS) is 17.9. The number of benzene rings is 1. The third-order valence-electron chi connectivity index (χ3n) is 3.48. The highest BCUT2D eigenvalue weighted by atomic mass is 16.5. The highest BCUT2D eigenvalue weighted by molar-refractivity contribution is 5.98. The van der Waals surface area contributed by atoms with Gasteiger partial charge in [-0.3, -0.25) is 4.90 Å². The quantitative estimate of drug-likeness (QED) is 0.616. The van der Waals surface area contributed by atoms with Crippen LogP contribution in [0.3, 0.4) is 0 Å². The molecule has 0 bridgehead atoms. The predicted octanol–water partition coefficient (Wildman–Crippen LogP) is 0.791. The highest BCUT2D eigenvalue weighted by Crippen LogP contribution is 2.12. The van der Waals surface area contributed by atoms with Gasteiger partial charge in [-0.15, -0.1) is 0 Å². The van der Waals surface area contributed by atoms with Crippen molar-refractivity contribution in [3.8, 4) is 0 Å². The minimum atomic E-state index is 0.299. The van der Waals surface area contributed by atoms with Crippen molar-refractivity contribution in [2.75, 3.05) is 40.0 Å².